The van der Waals surface area contributed by atoms with Crippen LogP contribution in [0, 0.1) is 0 Å². The molecule has 8 heteroatoms. The summed E-state index contributed by atoms with van der Waals surface area (Å²) in [5.74, 6) is -3.53. The lowest BCUT2D eigenvalue weighted by atomic mass is 9.97. The Bertz CT molecular complexity index is 781. The van der Waals surface area contributed by atoms with Crippen molar-refractivity contribution in [2.75, 3.05) is 33.0 Å². The quantitative estimate of drug-likeness (QED) is 0.0359. The smallest absolute Gasteiger partial charge is 0.303 e. The number of unbranched alkanes of at least 4 members (excludes halogenated alkanes) is 23. The van der Waals surface area contributed by atoms with Crippen molar-refractivity contribution in [3.63, 3.8) is 0 Å². The molecule has 0 aliphatic heterocycles. The summed E-state index contributed by atoms with van der Waals surface area (Å²) < 4.78 is 30.4. The van der Waals surface area contributed by atoms with E-state index in [2.05, 4.69) is 26.0 Å². The highest BCUT2D eigenvalue weighted by Gasteiger charge is 2.59. The zero-order valence-corrected chi connectivity index (χ0v) is 37.0. The van der Waals surface area contributed by atoms with Gasteiger partial charge in [-0.1, -0.05) is 161 Å². The number of carboxylic acid groups (broad SMARTS) is 1. The summed E-state index contributed by atoms with van der Waals surface area (Å²) in [5.41, 5.74) is 6.67. The van der Waals surface area contributed by atoms with E-state index in [4.69, 9.17) is 34.5 Å². The molecule has 0 aliphatic rings. The van der Waals surface area contributed by atoms with Crippen LogP contribution in [0.1, 0.15) is 228 Å². The number of ether oxygens (including phenoxy) is 5. The van der Waals surface area contributed by atoms with Gasteiger partial charge in [-0.25, -0.2) is 0 Å². The number of nitrogens with two attached hydrogens (primary N) is 1. The van der Waals surface area contributed by atoms with Gasteiger partial charge < -0.3 is 28.8 Å². The van der Waals surface area contributed by atoms with Crippen molar-refractivity contribution in [3.05, 3.63) is 12.2 Å². The number of rotatable bonds is 41. The second-order valence-electron chi connectivity index (χ2n) is 14.8. The number of aliphatic carboxylic acids is 1. The van der Waals surface area contributed by atoms with E-state index in [1.54, 1.807) is 0 Å². The second-order valence-corrected chi connectivity index (χ2v) is 14.8. The van der Waals surface area contributed by atoms with Crippen LogP contribution in [0.3, 0.4) is 0 Å². The predicted octanol–water partition coefficient (Wildman–Crippen LogP) is 13.4. The number of hydrogen-bond acceptors (Lipinski definition) is 7. The molecule has 0 saturated heterocycles. The van der Waals surface area contributed by atoms with E-state index in [1.165, 1.54) is 141 Å². The van der Waals surface area contributed by atoms with Gasteiger partial charge >= 0.3 is 5.97 Å². The maximum atomic E-state index is 10.3. The number of carbonyl (C=O) groups is 1. The normalized spacial score (nSPS) is 12.7. The monoisotopic (exact) mass is 772 g/mol. The molecule has 0 radical (unpaired) electrons. The van der Waals surface area contributed by atoms with Crippen LogP contribution in [-0.4, -0.2) is 61.9 Å². The molecular weight excluding hydrogens is 679 g/mol. The Morgan fingerprint density at radius 2 is 0.852 bits per heavy atom. The minimum atomic E-state index is -1.54. The van der Waals surface area contributed by atoms with Crippen LogP contribution in [0.5, 0.6) is 0 Å². The standard InChI is InChI=1S/C28H59NO5.C18H34O2/c1-7-13-14-15-16-17-18-19-20-21-22-23-24-25-26(30-8-2)27(31-9-3,32-10-4)28(29,33-11-5)34-12-6;1-2-3-4-5-6-7-8-9-10-11-12-13-14-15-16-17-18(19)20/h26H,7-25,29H2,1-6H3;9-10H,2-8,11-17H2,1H3,(H,19,20)/b;10-9-. The molecule has 0 spiro atoms. The summed E-state index contributed by atoms with van der Waals surface area (Å²) in [6, 6.07) is 0. The summed E-state index contributed by atoms with van der Waals surface area (Å²) in [5, 5.41) is 8.51. The van der Waals surface area contributed by atoms with Gasteiger partial charge in [-0.3, -0.25) is 10.5 Å². The van der Waals surface area contributed by atoms with Gasteiger partial charge in [0.25, 0.3) is 11.7 Å². The van der Waals surface area contributed by atoms with Crippen molar-refractivity contribution < 1.29 is 33.6 Å². The first-order valence-electron chi connectivity index (χ1n) is 23.1. The zero-order valence-electron chi connectivity index (χ0n) is 37.0. The van der Waals surface area contributed by atoms with Crippen LogP contribution in [0.2, 0.25) is 0 Å². The van der Waals surface area contributed by atoms with Crippen molar-refractivity contribution >= 4 is 5.97 Å². The third kappa shape index (κ3) is 30.2. The van der Waals surface area contributed by atoms with E-state index < -0.39 is 17.7 Å². The van der Waals surface area contributed by atoms with E-state index in [0.29, 0.717) is 39.5 Å². The largest absolute Gasteiger partial charge is 0.481 e. The molecule has 0 bridgehead atoms. The van der Waals surface area contributed by atoms with Crippen LogP contribution in [-0.2, 0) is 28.5 Å². The van der Waals surface area contributed by atoms with Gasteiger partial charge in [0.2, 0.25) is 0 Å². The minimum absolute atomic E-state index is 0.332. The molecule has 0 aliphatic carbocycles. The summed E-state index contributed by atoms with van der Waals surface area (Å²) in [6.07, 6.45) is 38.8. The molecule has 54 heavy (non-hydrogen) atoms. The van der Waals surface area contributed by atoms with E-state index in [9.17, 15) is 4.79 Å². The molecule has 0 aromatic carbocycles. The van der Waals surface area contributed by atoms with Crippen LogP contribution in [0.25, 0.3) is 0 Å². The van der Waals surface area contributed by atoms with E-state index in [0.717, 1.165) is 32.1 Å². The van der Waals surface area contributed by atoms with Gasteiger partial charge in [0.15, 0.2) is 0 Å². The Labute approximate surface area is 335 Å². The first kappa shape index (κ1) is 55.1. The van der Waals surface area contributed by atoms with Crippen LogP contribution in [0.15, 0.2) is 12.2 Å². The Morgan fingerprint density at radius 1 is 0.500 bits per heavy atom. The number of hydrogen-bond donors (Lipinski definition) is 2. The Kier molecular flexibility index (Phi) is 42.4. The van der Waals surface area contributed by atoms with Crippen LogP contribution < -0.4 is 5.73 Å². The number of carboxylic acids is 1. The second kappa shape index (κ2) is 41.6. The van der Waals surface area contributed by atoms with Gasteiger partial charge in [-0.15, -0.1) is 0 Å². The predicted molar refractivity (Wildman–Crippen MR) is 229 cm³/mol. The highest BCUT2D eigenvalue weighted by Crippen LogP contribution is 2.36. The van der Waals surface area contributed by atoms with E-state index in [1.807, 2.05) is 34.6 Å². The van der Waals surface area contributed by atoms with Crippen molar-refractivity contribution in [3.8, 4) is 0 Å². The molecule has 3 N–H and O–H groups in total. The maximum Gasteiger partial charge on any atom is 0.303 e. The summed E-state index contributed by atoms with van der Waals surface area (Å²) in [4.78, 5) is 10.3. The molecule has 1 unspecified atom stereocenters. The fourth-order valence-corrected chi connectivity index (χ4v) is 7.03. The van der Waals surface area contributed by atoms with Gasteiger partial charge in [0.05, 0.1) is 0 Å². The molecule has 0 rings (SSSR count). The van der Waals surface area contributed by atoms with Gasteiger partial charge in [0, 0.05) is 39.5 Å². The van der Waals surface area contributed by atoms with E-state index in [-0.39, 0.29) is 6.10 Å². The number of allylic oxidation sites excluding steroid dienone is 2. The molecule has 0 aromatic heterocycles. The molecule has 0 heterocycles. The van der Waals surface area contributed by atoms with Crippen molar-refractivity contribution in [2.24, 2.45) is 5.73 Å². The molecule has 8 nitrogen and oxygen atoms in total. The topological polar surface area (TPSA) is 109 Å². The fourth-order valence-electron chi connectivity index (χ4n) is 7.03. The summed E-state index contributed by atoms with van der Waals surface area (Å²) in [6.45, 7) is 16.3. The minimum Gasteiger partial charge on any atom is -0.481 e. The maximum absolute atomic E-state index is 10.3. The van der Waals surface area contributed by atoms with Crippen molar-refractivity contribution in [1.82, 2.24) is 0 Å². The first-order valence-corrected chi connectivity index (χ1v) is 23.1. The summed E-state index contributed by atoms with van der Waals surface area (Å²) in [7, 11) is 0. The SMILES string of the molecule is CCCCCCCC/C=C\CCCCCCCC(=O)O.CCCCCCCCCCCCCCCC(OCC)C(OCC)(OCC)C(N)(OCC)OCC. The molecule has 0 amide bonds. The highest BCUT2D eigenvalue weighted by molar-refractivity contribution is 5.66. The van der Waals surface area contributed by atoms with Crippen molar-refractivity contribution in [2.45, 2.75) is 246 Å². The average Bonchev–Trinajstić information content (AvgIpc) is 3.15. The van der Waals surface area contributed by atoms with Gasteiger partial charge in [-0.2, -0.15) is 0 Å². The Balaban J connectivity index is 0. The lowest BCUT2D eigenvalue weighted by Crippen LogP contribution is -2.72. The molecule has 0 saturated carbocycles. The summed E-state index contributed by atoms with van der Waals surface area (Å²) >= 11 is 0. The molecule has 1 atom stereocenters. The van der Waals surface area contributed by atoms with Crippen LogP contribution >= 0.6 is 0 Å². The molecule has 0 fully saturated rings. The fraction of sp³-hybridized carbons (Fsp3) is 0.935. The Morgan fingerprint density at radius 3 is 1.20 bits per heavy atom. The third-order valence-corrected chi connectivity index (χ3v) is 9.93. The van der Waals surface area contributed by atoms with Gasteiger partial charge in [0.1, 0.15) is 6.10 Å². The molecule has 324 valence electrons. The highest BCUT2D eigenvalue weighted by atomic mass is 16.8. The zero-order chi connectivity index (χ0) is 40.4. The molecule has 0 aromatic rings. The third-order valence-electron chi connectivity index (χ3n) is 9.93. The molecular formula is C46H93NO7. The average molecular weight is 772 g/mol. The Hall–Kier alpha value is -1.03. The lowest BCUT2D eigenvalue weighted by Gasteiger charge is -2.49. The lowest BCUT2D eigenvalue weighted by molar-refractivity contribution is -0.432. The van der Waals surface area contributed by atoms with Gasteiger partial charge in [-0.05, 0) is 73.1 Å². The first-order chi connectivity index (χ1) is 26.3. The van der Waals surface area contributed by atoms with E-state index >= 15 is 0 Å². The van der Waals surface area contributed by atoms with Crippen LogP contribution in [0.4, 0.5) is 0 Å². The van der Waals surface area contributed by atoms with Crippen molar-refractivity contribution in [1.29, 1.82) is 0 Å².